The van der Waals surface area contributed by atoms with Crippen molar-refractivity contribution in [2.75, 3.05) is 11.4 Å². The molecule has 2 nitrogen and oxygen atoms in total. The first-order chi connectivity index (χ1) is 8.22. The Labute approximate surface area is 118 Å². The summed E-state index contributed by atoms with van der Waals surface area (Å²) >= 11 is 6.96. The number of hydrogen-bond acceptors (Lipinski definition) is 2. The summed E-state index contributed by atoms with van der Waals surface area (Å²) in [5.74, 6) is 0.932. The number of rotatable bonds is 3. The predicted octanol–water partition coefficient (Wildman–Crippen LogP) is 4.76. The van der Waals surface area contributed by atoms with Gasteiger partial charge in [0.1, 0.15) is 5.82 Å². The van der Waals surface area contributed by atoms with E-state index < -0.39 is 0 Å². The Kier molecular flexibility index (Phi) is 4.18. The molecule has 1 aromatic heterocycles. The van der Waals surface area contributed by atoms with E-state index in [1.807, 2.05) is 30.5 Å². The molecular formula is C13H12Br2N2. The largest absolute Gasteiger partial charge is 0.326 e. The van der Waals surface area contributed by atoms with E-state index in [0.29, 0.717) is 0 Å². The Morgan fingerprint density at radius 2 is 1.88 bits per heavy atom. The summed E-state index contributed by atoms with van der Waals surface area (Å²) in [6.07, 6.45) is 1.81. The zero-order valence-corrected chi connectivity index (χ0v) is 12.6. The highest BCUT2D eigenvalue weighted by atomic mass is 79.9. The van der Waals surface area contributed by atoms with Gasteiger partial charge in [-0.2, -0.15) is 0 Å². The van der Waals surface area contributed by atoms with E-state index in [2.05, 4.69) is 60.8 Å². The molecule has 0 aliphatic rings. The van der Waals surface area contributed by atoms with Gasteiger partial charge in [0, 0.05) is 22.9 Å². The second-order valence-corrected chi connectivity index (χ2v) is 5.31. The van der Waals surface area contributed by atoms with Crippen molar-refractivity contribution in [3.8, 4) is 0 Å². The number of anilines is 2. The highest BCUT2D eigenvalue weighted by Gasteiger charge is 2.11. The predicted molar refractivity (Wildman–Crippen MR) is 78.8 cm³/mol. The number of benzene rings is 1. The van der Waals surface area contributed by atoms with Gasteiger partial charge in [-0.15, -0.1) is 0 Å². The molecule has 0 aliphatic heterocycles. The van der Waals surface area contributed by atoms with Gasteiger partial charge >= 0.3 is 0 Å². The van der Waals surface area contributed by atoms with Gasteiger partial charge in [-0.25, -0.2) is 4.98 Å². The highest BCUT2D eigenvalue weighted by molar-refractivity contribution is 9.11. The molecule has 0 N–H and O–H groups in total. The van der Waals surface area contributed by atoms with E-state index in [4.69, 9.17) is 0 Å². The van der Waals surface area contributed by atoms with Gasteiger partial charge in [-0.05, 0) is 57.0 Å². The quantitative estimate of drug-likeness (QED) is 0.788. The normalized spacial score (nSPS) is 10.3. The fraction of sp³-hybridized carbons (Fsp3) is 0.154. The minimum absolute atomic E-state index is 0.872. The number of para-hydroxylation sites is 1. The number of pyridine rings is 1. The smallest absolute Gasteiger partial charge is 0.147 e. The fourth-order valence-electron chi connectivity index (χ4n) is 1.67. The molecule has 2 rings (SSSR count). The fourth-order valence-corrected chi connectivity index (χ4v) is 2.87. The van der Waals surface area contributed by atoms with Crippen molar-refractivity contribution in [2.24, 2.45) is 0 Å². The molecular weight excluding hydrogens is 344 g/mol. The Hall–Kier alpha value is -0.870. The molecule has 0 saturated heterocycles. The molecule has 2 aromatic rings. The van der Waals surface area contributed by atoms with Crippen molar-refractivity contribution < 1.29 is 0 Å². The maximum absolute atomic E-state index is 4.46. The third kappa shape index (κ3) is 2.87. The summed E-state index contributed by atoms with van der Waals surface area (Å²) in [5.41, 5.74) is 1.14. The van der Waals surface area contributed by atoms with Crippen LogP contribution in [-0.2, 0) is 0 Å². The standard InChI is InChI=1S/C13H12Br2N2/c1-2-17(11-6-4-3-5-7-11)13-12(15)8-10(14)9-16-13/h3-9H,2H2,1H3. The van der Waals surface area contributed by atoms with Crippen LogP contribution < -0.4 is 4.90 Å². The van der Waals surface area contributed by atoms with Gasteiger partial charge in [0.05, 0.1) is 4.47 Å². The average molecular weight is 356 g/mol. The van der Waals surface area contributed by atoms with Crippen LogP contribution >= 0.6 is 31.9 Å². The van der Waals surface area contributed by atoms with Crippen molar-refractivity contribution >= 4 is 43.4 Å². The summed E-state index contributed by atoms with van der Waals surface area (Å²) in [4.78, 5) is 6.62. The van der Waals surface area contributed by atoms with Gasteiger partial charge in [0.25, 0.3) is 0 Å². The van der Waals surface area contributed by atoms with Crippen LogP contribution in [0.1, 0.15) is 6.92 Å². The topological polar surface area (TPSA) is 16.1 Å². The van der Waals surface area contributed by atoms with Crippen molar-refractivity contribution in [3.05, 3.63) is 51.5 Å². The molecule has 88 valence electrons. The van der Waals surface area contributed by atoms with Crippen LogP contribution in [0.5, 0.6) is 0 Å². The Bertz CT molecular complexity index is 500. The van der Waals surface area contributed by atoms with Crippen LogP contribution in [0.4, 0.5) is 11.5 Å². The molecule has 0 amide bonds. The minimum Gasteiger partial charge on any atom is -0.326 e. The molecule has 1 heterocycles. The lowest BCUT2D eigenvalue weighted by atomic mass is 10.3. The average Bonchev–Trinajstić information content (AvgIpc) is 2.34. The van der Waals surface area contributed by atoms with E-state index in [-0.39, 0.29) is 0 Å². The zero-order valence-electron chi connectivity index (χ0n) is 9.40. The van der Waals surface area contributed by atoms with Crippen LogP contribution in [0.2, 0.25) is 0 Å². The summed E-state index contributed by atoms with van der Waals surface area (Å²) in [7, 11) is 0. The number of nitrogens with zero attached hydrogens (tertiary/aromatic N) is 2. The molecule has 4 heteroatoms. The van der Waals surface area contributed by atoms with Crippen molar-refractivity contribution in [1.29, 1.82) is 0 Å². The molecule has 0 atom stereocenters. The first kappa shape index (κ1) is 12.6. The maximum Gasteiger partial charge on any atom is 0.147 e. The second-order valence-electron chi connectivity index (χ2n) is 3.54. The first-order valence-electron chi connectivity index (χ1n) is 5.36. The van der Waals surface area contributed by atoms with E-state index >= 15 is 0 Å². The second kappa shape index (κ2) is 5.65. The van der Waals surface area contributed by atoms with Crippen LogP contribution in [0.15, 0.2) is 51.5 Å². The summed E-state index contributed by atoms with van der Waals surface area (Å²) < 4.78 is 1.95. The van der Waals surface area contributed by atoms with E-state index in [1.54, 1.807) is 0 Å². The third-order valence-electron chi connectivity index (χ3n) is 2.43. The lowest BCUT2D eigenvalue weighted by Gasteiger charge is -2.23. The molecule has 0 saturated carbocycles. The monoisotopic (exact) mass is 354 g/mol. The van der Waals surface area contributed by atoms with E-state index in [0.717, 1.165) is 27.0 Å². The van der Waals surface area contributed by atoms with Gasteiger partial charge in [-0.3, -0.25) is 0 Å². The summed E-state index contributed by atoms with van der Waals surface area (Å²) in [6.45, 7) is 2.99. The number of hydrogen-bond donors (Lipinski definition) is 0. The lowest BCUT2D eigenvalue weighted by Crippen LogP contribution is -2.17. The minimum atomic E-state index is 0.872. The number of aromatic nitrogens is 1. The van der Waals surface area contributed by atoms with E-state index in [1.165, 1.54) is 0 Å². The van der Waals surface area contributed by atoms with E-state index in [9.17, 15) is 0 Å². The Balaban J connectivity index is 2.42. The Morgan fingerprint density at radius 1 is 1.18 bits per heavy atom. The molecule has 0 aliphatic carbocycles. The molecule has 0 unspecified atom stereocenters. The summed E-state index contributed by atoms with van der Waals surface area (Å²) in [6, 6.07) is 12.3. The van der Waals surface area contributed by atoms with Crippen molar-refractivity contribution in [1.82, 2.24) is 4.98 Å². The molecule has 0 fully saturated rings. The molecule has 0 spiro atoms. The molecule has 1 aromatic carbocycles. The highest BCUT2D eigenvalue weighted by Crippen LogP contribution is 2.31. The van der Waals surface area contributed by atoms with Gasteiger partial charge in [0.2, 0.25) is 0 Å². The SMILES string of the molecule is CCN(c1ccccc1)c1ncc(Br)cc1Br. The maximum atomic E-state index is 4.46. The molecule has 0 radical (unpaired) electrons. The summed E-state index contributed by atoms with van der Waals surface area (Å²) in [5, 5.41) is 0. The van der Waals surface area contributed by atoms with Crippen LogP contribution in [-0.4, -0.2) is 11.5 Å². The van der Waals surface area contributed by atoms with Crippen LogP contribution in [0, 0.1) is 0 Å². The van der Waals surface area contributed by atoms with Gasteiger partial charge in [0.15, 0.2) is 0 Å². The van der Waals surface area contributed by atoms with Gasteiger partial charge in [-0.1, -0.05) is 18.2 Å². The molecule has 0 bridgehead atoms. The molecule has 17 heavy (non-hydrogen) atoms. The lowest BCUT2D eigenvalue weighted by molar-refractivity contribution is 0.983. The van der Waals surface area contributed by atoms with Crippen LogP contribution in [0.25, 0.3) is 0 Å². The zero-order chi connectivity index (χ0) is 12.3. The number of halogens is 2. The first-order valence-corrected chi connectivity index (χ1v) is 6.94. The van der Waals surface area contributed by atoms with Crippen molar-refractivity contribution in [2.45, 2.75) is 6.92 Å². The van der Waals surface area contributed by atoms with Gasteiger partial charge < -0.3 is 4.90 Å². The Morgan fingerprint density at radius 3 is 2.47 bits per heavy atom. The third-order valence-corrected chi connectivity index (χ3v) is 3.45. The van der Waals surface area contributed by atoms with Crippen LogP contribution in [0.3, 0.4) is 0 Å². The van der Waals surface area contributed by atoms with Crippen molar-refractivity contribution in [3.63, 3.8) is 0 Å².